The smallest absolute Gasteiger partial charge is 0.160 e. The average Bonchev–Trinajstić information content (AvgIpc) is 2.78. The van der Waals surface area contributed by atoms with E-state index in [9.17, 15) is 9.18 Å². The maximum absolute atomic E-state index is 13.4. The molecule has 3 nitrogen and oxygen atoms in total. The van der Waals surface area contributed by atoms with Crippen LogP contribution in [-0.2, 0) is 9.63 Å². The van der Waals surface area contributed by atoms with Crippen LogP contribution < -0.4 is 0 Å². The Bertz CT molecular complexity index is 436. The summed E-state index contributed by atoms with van der Waals surface area (Å²) in [5.41, 5.74) is 0.862. The lowest BCUT2D eigenvalue weighted by atomic mass is 10.0. The van der Waals surface area contributed by atoms with Gasteiger partial charge in [-0.05, 0) is 6.07 Å². The molecule has 2 rings (SSSR count). The van der Waals surface area contributed by atoms with Crippen molar-refractivity contribution in [2.24, 2.45) is 5.16 Å². The summed E-state index contributed by atoms with van der Waals surface area (Å²) in [6.07, 6.45) is 0.429. The molecule has 16 heavy (non-hydrogen) atoms. The lowest BCUT2D eigenvalue weighted by molar-refractivity contribution is -0.106. The first kappa shape index (κ1) is 11.1. The largest absolute Gasteiger partial charge is 0.387 e. The summed E-state index contributed by atoms with van der Waals surface area (Å²) in [7, 11) is 0. The van der Waals surface area contributed by atoms with Crippen LogP contribution in [0.1, 0.15) is 18.1 Å². The van der Waals surface area contributed by atoms with Crippen LogP contribution in [0, 0.1) is 5.82 Å². The van der Waals surface area contributed by atoms with E-state index < -0.39 is 11.5 Å². The first-order valence-corrected chi connectivity index (χ1v) is 5.22. The molecule has 0 aliphatic carbocycles. The number of aldehydes is 1. The van der Waals surface area contributed by atoms with E-state index in [1.165, 1.54) is 6.07 Å². The van der Waals surface area contributed by atoms with E-state index in [1.54, 1.807) is 18.2 Å². The highest BCUT2D eigenvalue weighted by molar-refractivity contribution is 6.39. The van der Waals surface area contributed by atoms with Gasteiger partial charge in [-0.2, -0.15) is 0 Å². The zero-order valence-electron chi connectivity index (χ0n) is 8.27. The number of carbonyl (C=O) groups is 1. The van der Waals surface area contributed by atoms with Crippen molar-refractivity contribution in [3.05, 3.63) is 35.6 Å². The number of carbonyl (C=O) groups excluding carboxylic acids is 1. The van der Waals surface area contributed by atoms with Crippen LogP contribution in [-0.4, -0.2) is 17.4 Å². The molecule has 1 aromatic carbocycles. The van der Waals surface area contributed by atoms with Crippen molar-refractivity contribution < 1.29 is 14.0 Å². The molecule has 1 heterocycles. The highest BCUT2D eigenvalue weighted by atomic mass is 35.5. The molecule has 0 N–H and O–H groups in total. The number of halogens is 2. The summed E-state index contributed by atoms with van der Waals surface area (Å²) in [5.74, 6) is -0.346. The summed E-state index contributed by atoms with van der Waals surface area (Å²) >= 11 is 5.69. The van der Waals surface area contributed by atoms with Crippen LogP contribution >= 0.6 is 11.6 Å². The van der Waals surface area contributed by atoms with Crippen molar-refractivity contribution in [2.75, 3.05) is 0 Å². The Morgan fingerprint density at radius 1 is 1.56 bits per heavy atom. The predicted octanol–water partition coefficient (Wildman–Crippen LogP) is 2.45. The third-order valence-electron chi connectivity index (χ3n) is 2.38. The third-order valence-corrected chi connectivity index (χ3v) is 2.74. The second-order valence-electron chi connectivity index (χ2n) is 3.44. The molecule has 5 heteroatoms. The number of rotatable bonds is 3. The molecule has 0 saturated carbocycles. The van der Waals surface area contributed by atoms with Crippen LogP contribution in [0.4, 0.5) is 4.39 Å². The van der Waals surface area contributed by atoms with Gasteiger partial charge < -0.3 is 9.63 Å². The summed E-state index contributed by atoms with van der Waals surface area (Å²) in [6, 6.07) is 6.31. The first-order chi connectivity index (χ1) is 7.72. The lowest BCUT2D eigenvalue weighted by Gasteiger charge is -2.09. The van der Waals surface area contributed by atoms with Crippen molar-refractivity contribution in [3.63, 3.8) is 0 Å². The Labute approximate surface area is 96.8 Å². The van der Waals surface area contributed by atoms with Crippen molar-refractivity contribution >= 4 is 23.6 Å². The monoisotopic (exact) mass is 241 g/mol. The van der Waals surface area contributed by atoms with Gasteiger partial charge in [-0.3, -0.25) is 0 Å². The third kappa shape index (κ3) is 2.07. The fourth-order valence-corrected chi connectivity index (χ4v) is 1.67. The molecular weight excluding hydrogens is 233 g/mol. The van der Waals surface area contributed by atoms with Gasteiger partial charge in [0.05, 0.1) is 5.71 Å². The van der Waals surface area contributed by atoms with Crippen molar-refractivity contribution in [1.29, 1.82) is 0 Å². The number of hydrogen-bond acceptors (Lipinski definition) is 3. The number of oxime groups is 1. The van der Waals surface area contributed by atoms with Crippen LogP contribution in [0.2, 0.25) is 0 Å². The van der Waals surface area contributed by atoms with E-state index in [4.69, 9.17) is 16.4 Å². The minimum Gasteiger partial charge on any atom is -0.387 e. The molecule has 0 fully saturated rings. The molecule has 0 bridgehead atoms. The highest BCUT2D eigenvalue weighted by Crippen LogP contribution is 2.30. The Balaban J connectivity index is 2.12. The standard InChI is InChI=1S/C11H9ClFNO2/c12-8(6-15)10-5-11(16-14-10)7-3-1-2-4-9(7)13/h1-4,6,8,11H,5H2. The van der Waals surface area contributed by atoms with Crippen LogP contribution in [0.3, 0.4) is 0 Å². The van der Waals surface area contributed by atoms with Crippen molar-refractivity contribution in [3.8, 4) is 0 Å². The summed E-state index contributed by atoms with van der Waals surface area (Å²) < 4.78 is 13.4. The molecule has 0 amide bonds. The van der Waals surface area contributed by atoms with E-state index >= 15 is 0 Å². The Morgan fingerprint density at radius 2 is 2.31 bits per heavy atom. The fourth-order valence-electron chi connectivity index (χ4n) is 1.54. The number of nitrogens with zero attached hydrogens (tertiary/aromatic N) is 1. The van der Waals surface area contributed by atoms with Gasteiger partial charge in [-0.25, -0.2) is 4.39 Å². The van der Waals surface area contributed by atoms with Gasteiger partial charge in [0, 0.05) is 12.0 Å². The van der Waals surface area contributed by atoms with Crippen LogP contribution in [0.15, 0.2) is 29.4 Å². The molecule has 2 atom stereocenters. The zero-order valence-corrected chi connectivity index (χ0v) is 9.02. The second kappa shape index (κ2) is 4.61. The molecular formula is C11H9ClFNO2. The van der Waals surface area contributed by atoms with E-state index in [1.807, 2.05) is 0 Å². The Morgan fingerprint density at radius 3 is 3.00 bits per heavy atom. The second-order valence-corrected chi connectivity index (χ2v) is 3.91. The molecule has 0 aromatic heterocycles. The highest BCUT2D eigenvalue weighted by Gasteiger charge is 2.28. The number of hydrogen-bond donors (Lipinski definition) is 0. The Kier molecular flexibility index (Phi) is 3.19. The maximum atomic E-state index is 13.4. The van der Waals surface area contributed by atoms with Crippen molar-refractivity contribution in [2.45, 2.75) is 17.9 Å². The first-order valence-electron chi connectivity index (χ1n) is 4.78. The van der Waals surface area contributed by atoms with Crippen LogP contribution in [0.25, 0.3) is 0 Å². The van der Waals surface area contributed by atoms with Gasteiger partial charge in [0.15, 0.2) is 6.10 Å². The molecule has 0 saturated heterocycles. The summed E-state index contributed by atoms with van der Waals surface area (Å²) in [5, 5.41) is 2.90. The molecule has 1 aromatic rings. The molecule has 84 valence electrons. The van der Waals surface area contributed by atoms with E-state index in [0.29, 0.717) is 24.0 Å². The van der Waals surface area contributed by atoms with E-state index in [-0.39, 0.29) is 5.82 Å². The van der Waals surface area contributed by atoms with Gasteiger partial charge in [0.25, 0.3) is 0 Å². The SMILES string of the molecule is O=CC(Cl)C1=NOC(c2ccccc2F)C1. The van der Waals surface area contributed by atoms with Gasteiger partial charge in [0.2, 0.25) is 0 Å². The fraction of sp³-hybridized carbons (Fsp3) is 0.273. The topological polar surface area (TPSA) is 38.7 Å². The maximum Gasteiger partial charge on any atom is 0.160 e. The number of benzene rings is 1. The van der Waals surface area contributed by atoms with Gasteiger partial charge in [0.1, 0.15) is 17.5 Å². The van der Waals surface area contributed by atoms with Gasteiger partial charge in [-0.15, -0.1) is 11.6 Å². The molecule has 0 radical (unpaired) electrons. The van der Waals surface area contributed by atoms with Crippen LogP contribution in [0.5, 0.6) is 0 Å². The number of alkyl halides is 1. The minimum atomic E-state index is -0.795. The Hall–Kier alpha value is -1.42. The summed E-state index contributed by atoms with van der Waals surface area (Å²) in [6.45, 7) is 0. The minimum absolute atomic E-state index is 0.341. The van der Waals surface area contributed by atoms with E-state index in [0.717, 1.165) is 0 Å². The van der Waals surface area contributed by atoms with E-state index in [2.05, 4.69) is 5.16 Å². The summed E-state index contributed by atoms with van der Waals surface area (Å²) in [4.78, 5) is 15.5. The quantitative estimate of drug-likeness (QED) is 0.602. The molecule has 0 spiro atoms. The van der Waals surface area contributed by atoms with Crippen molar-refractivity contribution in [1.82, 2.24) is 0 Å². The van der Waals surface area contributed by atoms with Gasteiger partial charge >= 0.3 is 0 Å². The molecule has 1 aliphatic rings. The normalized spacial score (nSPS) is 21.1. The lowest BCUT2D eigenvalue weighted by Crippen LogP contribution is -2.14. The molecule has 1 aliphatic heterocycles. The van der Waals surface area contributed by atoms with Gasteiger partial charge in [-0.1, -0.05) is 23.4 Å². The average molecular weight is 242 g/mol. The zero-order chi connectivity index (χ0) is 11.5. The predicted molar refractivity (Wildman–Crippen MR) is 58.0 cm³/mol. The molecule has 2 unspecified atom stereocenters.